The number of hydrogen-bond donors (Lipinski definition) is 4. The Hall–Kier alpha value is -2.08. The van der Waals surface area contributed by atoms with Gasteiger partial charge in [-0.05, 0) is 37.1 Å². The van der Waals surface area contributed by atoms with Gasteiger partial charge in [-0.25, -0.2) is 0 Å². The van der Waals surface area contributed by atoms with Crippen LogP contribution in [0, 0.1) is 0 Å². The molecule has 2 amide bonds. The number of benzene rings is 1. The first kappa shape index (κ1) is 13.4. The first-order chi connectivity index (χ1) is 9.19. The smallest absolute Gasteiger partial charge is 0.251 e. The van der Waals surface area contributed by atoms with E-state index in [1.165, 1.54) is 0 Å². The van der Waals surface area contributed by atoms with Gasteiger partial charge in [0.25, 0.3) is 5.91 Å². The molecule has 1 fully saturated rings. The van der Waals surface area contributed by atoms with Gasteiger partial charge in [0.2, 0.25) is 5.91 Å². The van der Waals surface area contributed by atoms with E-state index in [-0.39, 0.29) is 11.8 Å². The first-order valence-electron chi connectivity index (χ1n) is 6.33. The molecule has 0 unspecified atom stereocenters. The van der Waals surface area contributed by atoms with E-state index in [1.54, 1.807) is 24.3 Å². The quantitative estimate of drug-likeness (QED) is 0.440. The molecule has 6 nitrogen and oxygen atoms in total. The molecule has 0 radical (unpaired) electrons. The summed E-state index contributed by atoms with van der Waals surface area (Å²) in [6, 6.07) is 7.15. The molecule has 1 aromatic rings. The first-order valence-corrected chi connectivity index (χ1v) is 6.33. The van der Waals surface area contributed by atoms with E-state index >= 15 is 0 Å². The molecule has 0 heterocycles. The Labute approximate surface area is 111 Å². The summed E-state index contributed by atoms with van der Waals surface area (Å²) in [5, 5.41) is 5.58. The highest BCUT2D eigenvalue weighted by Crippen LogP contribution is 2.18. The number of nitrogens with two attached hydrogens (primary N) is 1. The average Bonchev–Trinajstić information content (AvgIpc) is 3.22. The van der Waals surface area contributed by atoms with Crippen LogP contribution in [0.1, 0.15) is 29.6 Å². The van der Waals surface area contributed by atoms with Crippen molar-refractivity contribution in [3.63, 3.8) is 0 Å². The zero-order chi connectivity index (χ0) is 13.7. The number of carbonyl (C=O) groups excluding carboxylic acids is 2. The Kier molecular flexibility index (Phi) is 4.35. The molecule has 0 bridgehead atoms. The largest absolute Gasteiger partial charge is 0.353 e. The van der Waals surface area contributed by atoms with E-state index in [9.17, 15) is 9.59 Å². The Morgan fingerprint density at radius 3 is 2.47 bits per heavy atom. The van der Waals surface area contributed by atoms with Crippen LogP contribution in [-0.2, 0) is 4.79 Å². The second-order valence-corrected chi connectivity index (χ2v) is 4.57. The summed E-state index contributed by atoms with van der Waals surface area (Å²) in [6.45, 7) is 0.342. The third-order valence-electron chi connectivity index (χ3n) is 2.89. The molecule has 1 aromatic carbocycles. The molecule has 0 aliphatic heterocycles. The topological polar surface area (TPSA) is 96.2 Å². The molecular formula is C13H18N4O2. The summed E-state index contributed by atoms with van der Waals surface area (Å²) in [5.41, 5.74) is 3.77. The molecule has 1 aliphatic carbocycles. The van der Waals surface area contributed by atoms with Crippen LogP contribution in [0.15, 0.2) is 24.3 Å². The SMILES string of the molecule is NNc1ccc(C(=O)NCCC(=O)NC2CC2)cc1. The van der Waals surface area contributed by atoms with Gasteiger partial charge in [-0.2, -0.15) is 0 Å². The number of carbonyl (C=O) groups is 2. The minimum Gasteiger partial charge on any atom is -0.353 e. The maximum Gasteiger partial charge on any atom is 0.251 e. The second-order valence-electron chi connectivity index (χ2n) is 4.57. The minimum atomic E-state index is -0.192. The van der Waals surface area contributed by atoms with Crippen molar-refractivity contribution in [1.82, 2.24) is 10.6 Å². The van der Waals surface area contributed by atoms with Crippen molar-refractivity contribution in [1.29, 1.82) is 0 Å². The lowest BCUT2D eigenvalue weighted by Crippen LogP contribution is -2.31. The highest BCUT2D eigenvalue weighted by Gasteiger charge is 2.22. The van der Waals surface area contributed by atoms with Crippen molar-refractivity contribution >= 4 is 17.5 Å². The molecule has 1 aliphatic rings. The Morgan fingerprint density at radius 2 is 1.89 bits per heavy atom. The van der Waals surface area contributed by atoms with Crippen LogP contribution in [0.3, 0.4) is 0 Å². The van der Waals surface area contributed by atoms with Crippen LogP contribution in [0.2, 0.25) is 0 Å². The highest BCUT2D eigenvalue weighted by atomic mass is 16.2. The third-order valence-corrected chi connectivity index (χ3v) is 2.89. The summed E-state index contributed by atoms with van der Waals surface area (Å²) >= 11 is 0. The van der Waals surface area contributed by atoms with Gasteiger partial charge in [-0.1, -0.05) is 0 Å². The van der Waals surface area contributed by atoms with Crippen LogP contribution < -0.4 is 21.9 Å². The number of nitrogens with one attached hydrogen (secondary N) is 3. The predicted molar refractivity (Wildman–Crippen MR) is 72.4 cm³/mol. The molecule has 0 aromatic heterocycles. The monoisotopic (exact) mass is 262 g/mol. The summed E-state index contributed by atoms with van der Waals surface area (Å²) in [4.78, 5) is 23.2. The molecule has 1 saturated carbocycles. The van der Waals surface area contributed by atoms with Crippen LogP contribution in [0.25, 0.3) is 0 Å². The second kappa shape index (κ2) is 6.19. The van der Waals surface area contributed by atoms with Gasteiger partial charge in [0.15, 0.2) is 0 Å². The summed E-state index contributed by atoms with van der Waals surface area (Å²) in [6.07, 6.45) is 2.45. The molecule has 0 saturated heterocycles. The summed E-state index contributed by atoms with van der Waals surface area (Å²) in [5.74, 6) is 5.04. The Bertz CT molecular complexity index is 454. The van der Waals surface area contributed by atoms with Crippen molar-refractivity contribution in [2.75, 3.05) is 12.0 Å². The van der Waals surface area contributed by atoms with E-state index in [2.05, 4.69) is 16.1 Å². The number of nitrogen functional groups attached to an aromatic ring is 1. The average molecular weight is 262 g/mol. The highest BCUT2D eigenvalue weighted by molar-refractivity contribution is 5.94. The lowest BCUT2D eigenvalue weighted by molar-refractivity contribution is -0.121. The zero-order valence-electron chi connectivity index (χ0n) is 10.6. The third kappa shape index (κ3) is 4.26. The number of rotatable bonds is 6. The van der Waals surface area contributed by atoms with Gasteiger partial charge in [0.1, 0.15) is 0 Å². The number of anilines is 1. The molecule has 0 spiro atoms. The van der Waals surface area contributed by atoms with E-state index in [0.717, 1.165) is 18.5 Å². The van der Waals surface area contributed by atoms with E-state index < -0.39 is 0 Å². The number of hydrazine groups is 1. The zero-order valence-corrected chi connectivity index (χ0v) is 10.6. The molecule has 19 heavy (non-hydrogen) atoms. The predicted octanol–water partition coefficient (Wildman–Crippen LogP) is 0.371. The van der Waals surface area contributed by atoms with Crippen molar-refractivity contribution in [2.45, 2.75) is 25.3 Å². The van der Waals surface area contributed by atoms with Gasteiger partial charge in [-0.15, -0.1) is 0 Å². The molecule has 0 atom stereocenters. The van der Waals surface area contributed by atoms with Crippen molar-refractivity contribution in [2.24, 2.45) is 5.84 Å². The number of hydrogen-bond acceptors (Lipinski definition) is 4. The van der Waals surface area contributed by atoms with Gasteiger partial charge in [0, 0.05) is 30.3 Å². The van der Waals surface area contributed by atoms with E-state index in [4.69, 9.17) is 5.84 Å². The molecule has 2 rings (SSSR count). The van der Waals surface area contributed by atoms with Crippen LogP contribution in [0.5, 0.6) is 0 Å². The van der Waals surface area contributed by atoms with Crippen LogP contribution in [0.4, 0.5) is 5.69 Å². The maximum absolute atomic E-state index is 11.8. The number of amides is 2. The minimum absolute atomic E-state index is 0.00882. The molecule has 6 heteroatoms. The standard InChI is InChI=1S/C13H18N4O2/c14-17-11-3-1-9(2-4-11)13(19)15-8-7-12(18)16-10-5-6-10/h1-4,10,17H,5-8,14H2,(H,15,19)(H,16,18). The van der Waals surface area contributed by atoms with E-state index in [1.807, 2.05) is 0 Å². The van der Waals surface area contributed by atoms with E-state index in [0.29, 0.717) is 24.6 Å². The van der Waals surface area contributed by atoms with Crippen LogP contribution in [-0.4, -0.2) is 24.4 Å². The fraction of sp³-hybridized carbons (Fsp3) is 0.385. The maximum atomic E-state index is 11.8. The molecule has 5 N–H and O–H groups in total. The van der Waals surface area contributed by atoms with Crippen molar-refractivity contribution < 1.29 is 9.59 Å². The lowest BCUT2D eigenvalue weighted by atomic mass is 10.2. The molecule has 102 valence electrons. The van der Waals surface area contributed by atoms with Gasteiger partial charge >= 0.3 is 0 Å². The van der Waals surface area contributed by atoms with Crippen molar-refractivity contribution in [3.05, 3.63) is 29.8 Å². The van der Waals surface area contributed by atoms with Crippen molar-refractivity contribution in [3.8, 4) is 0 Å². The normalized spacial score (nSPS) is 13.7. The Morgan fingerprint density at radius 1 is 1.21 bits per heavy atom. The summed E-state index contributed by atoms with van der Waals surface area (Å²) in [7, 11) is 0. The Balaban J connectivity index is 1.71. The summed E-state index contributed by atoms with van der Waals surface area (Å²) < 4.78 is 0. The fourth-order valence-corrected chi connectivity index (χ4v) is 1.64. The van der Waals surface area contributed by atoms with Gasteiger partial charge in [0.05, 0.1) is 0 Å². The lowest BCUT2D eigenvalue weighted by Gasteiger charge is -2.06. The van der Waals surface area contributed by atoms with Gasteiger partial charge in [-0.3, -0.25) is 15.4 Å². The molecular weight excluding hydrogens is 244 g/mol. The van der Waals surface area contributed by atoms with Gasteiger partial charge < -0.3 is 16.1 Å². The van der Waals surface area contributed by atoms with Crippen LogP contribution >= 0.6 is 0 Å². The fourth-order valence-electron chi connectivity index (χ4n) is 1.64.